The molecule has 0 spiro atoms. The van der Waals surface area contributed by atoms with E-state index in [2.05, 4.69) is 9.80 Å². The second-order valence-corrected chi connectivity index (χ2v) is 9.88. The monoisotopic (exact) mass is 501 g/mol. The van der Waals surface area contributed by atoms with Crippen LogP contribution in [-0.2, 0) is 4.74 Å². The minimum atomic E-state index is -0.676. The second-order valence-electron chi connectivity index (χ2n) is 9.88. The molecule has 0 saturated heterocycles. The summed E-state index contributed by atoms with van der Waals surface area (Å²) in [7, 11) is 0. The molecule has 1 heterocycles. The number of hydrogen-bond acceptors (Lipinski definition) is 4. The fraction of sp³-hybridized carbons (Fsp3) is 0.121. The highest BCUT2D eigenvalue weighted by Gasteiger charge is 2.29. The topological polar surface area (TPSA) is 37.7 Å². The molecule has 0 aliphatic carbocycles. The average molecular weight is 502 g/mol. The van der Waals surface area contributed by atoms with Crippen LogP contribution in [0.4, 0.5) is 39.2 Å². The van der Waals surface area contributed by atoms with Crippen molar-refractivity contribution in [2.24, 2.45) is 0 Å². The van der Waals surface area contributed by atoms with Gasteiger partial charge in [0, 0.05) is 22.7 Å². The molecule has 0 fully saturated rings. The molecule has 0 unspecified atom stereocenters. The SMILES string of the molecule is CC(C)(C)OC(=O)n1c(N(c2ccccc2)c2ccccc2)ccc1N(c1ccccc1)c1ccccc1. The van der Waals surface area contributed by atoms with Crippen molar-refractivity contribution in [1.29, 1.82) is 0 Å². The Bertz CT molecular complexity index is 1300. The fourth-order valence-electron chi connectivity index (χ4n) is 4.39. The molecule has 5 heteroatoms. The normalized spacial score (nSPS) is 11.1. The van der Waals surface area contributed by atoms with E-state index in [1.54, 1.807) is 4.57 Å². The maximum atomic E-state index is 14.0. The molecule has 5 nitrogen and oxygen atoms in total. The maximum absolute atomic E-state index is 14.0. The van der Waals surface area contributed by atoms with Crippen LogP contribution in [0.2, 0.25) is 0 Å². The van der Waals surface area contributed by atoms with Gasteiger partial charge >= 0.3 is 6.09 Å². The first-order valence-corrected chi connectivity index (χ1v) is 12.7. The molecule has 0 bridgehead atoms. The molecule has 5 aromatic rings. The van der Waals surface area contributed by atoms with Crippen molar-refractivity contribution < 1.29 is 9.53 Å². The third-order valence-corrected chi connectivity index (χ3v) is 5.93. The molecule has 0 atom stereocenters. The van der Waals surface area contributed by atoms with Crippen molar-refractivity contribution in [3.05, 3.63) is 133 Å². The predicted octanol–water partition coefficient (Wildman–Crippen LogP) is 9.21. The Balaban J connectivity index is 1.77. The van der Waals surface area contributed by atoms with E-state index in [0.29, 0.717) is 11.6 Å². The Labute approximate surface area is 224 Å². The van der Waals surface area contributed by atoms with Crippen LogP contribution >= 0.6 is 0 Å². The van der Waals surface area contributed by atoms with Crippen molar-refractivity contribution in [2.45, 2.75) is 26.4 Å². The van der Waals surface area contributed by atoms with Crippen LogP contribution < -0.4 is 9.80 Å². The fourth-order valence-corrected chi connectivity index (χ4v) is 4.39. The molecule has 0 N–H and O–H groups in total. The first-order chi connectivity index (χ1) is 18.4. The van der Waals surface area contributed by atoms with Gasteiger partial charge in [-0.25, -0.2) is 9.36 Å². The first kappa shape index (κ1) is 24.9. The van der Waals surface area contributed by atoms with Crippen LogP contribution in [0.25, 0.3) is 0 Å². The largest absolute Gasteiger partial charge is 0.443 e. The molecule has 0 radical (unpaired) electrons. The van der Waals surface area contributed by atoms with Crippen LogP contribution in [0, 0.1) is 0 Å². The Morgan fingerprint density at radius 3 is 1.08 bits per heavy atom. The van der Waals surface area contributed by atoms with Crippen molar-refractivity contribution in [1.82, 2.24) is 4.57 Å². The number of carbonyl (C=O) groups is 1. The highest BCUT2D eigenvalue weighted by Crippen LogP contribution is 2.42. The number of rotatable bonds is 6. The second kappa shape index (κ2) is 10.7. The lowest BCUT2D eigenvalue weighted by Crippen LogP contribution is -2.30. The van der Waals surface area contributed by atoms with E-state index in [9.17, 15) is 4.79 Å². The van der Waals surface area contributed by atoms with Gasteiger partial charge in [0.25, 0.3) is 0 Å². The average Bonchev–Trinajstić information content (AvgIpc) is 3.35. The number of benzene rings is 4. The van der Waals surface area contributed by atoms with Crippen LogP contribution in [0.15, 0.2) is 133 Å². The van der Waals surface area contributed by atoms with Crippen molar-refractivity contribution >= 4 is 40.5 Å². The van der Waals surface area contributed by atoms with Gasteiger partial charge in [-0.2, -0.15) is 0 Å². The molecule has 190 valence electrons. The van der Waals surface area contributed by atoms with E-state index < -0.39 is 11.7 Å². The zero-order valence-electron chi connectivity index (χ0n) is 21.9. The lowest BCUT2D eigenvalue weighted by molar-refractivity contribution is 0.0543. The molecular weight excluding hydrogens is 470 g/mol. The standard InChI is InChI=1S/C33H31N3O2/c1-33(2,3)38-32(37)36-30(34(26-16-8-4-9-17-26)27-18-10-5-11-19-27)24-25-31(36)35(28-20-12-6-13-21-28)29-22-14-7-15-23-29/h4-25H,1-3H3. The summed E-state index contributed by atoms with van der Waals surface area (Å²) in [4.78, 5) is 18.1. The lowest BCUT2D eigenvalue weighted by atomic mass is 10.2. The number of anilines is 6. The van der Waals surface area contributed by atoms with E-state index in [0.717, 1.165) is 22.7 Å². The van der Waals surface area contributed by atoms with Gasteiger partial charge < -0.3 is 4.74 Å². The zero-order chi connectivity index (χ0) is 26.5. The summed E-state index contributed by atoms with van der Waals surface area (Å²) in [5.74, 6) is 1.34. The highest BCUT2D eigenvalue weighted by molar-refractivity contribution is 5.90. The molecule has 0 saturated carbocycles. The van der Waals surface area contributed by atoms with Crippen LogP contribution in [0.5, 0.6) is 0 Å². The van der Waals surface area contributed by atoms with Gasteiger partial charge in [-0.1, -0.05) is 72.8 Å². The first-order valence-electron chi connectivity index (χ1n) is 12.7. The molecule has 0 aliphatic heterocycles. The van der Waals surface area contributed by atoms with E-state index in [1.165, 1.54) is 0 Å². The number of aromatic nitrogens is 1. The van der Waals surface area contributed by atoms with Crippen molar-refractivity contribution in [3.63, 3.8) is 0 Å². The molecule has 1 aromatic heterocycles. The van der Waals surface area contributed by atoms with Gasteiger partial charge in [0.15, 0.2) is 0 Å². The number of ether oxygens (including phenoxy) is 1. The summed E-state index contributed by atoms with van der Waals surface area (Å²) >= 11 is 0. The minimum absolute atomic E-state index is 0.457. The van der Waals surface area contributed by atoms with Gasteiger partial charge in [0.2, 0.25) is 0 Å². The van der Waals surface area contributed by atoms with Crippen LogP contribution in [-0.4, -0.2) is 16.3 Å². The van der Waals surface area contributed by atoms with E-state index in [4.69, 9.17) is 4.74 Å². The summed E-state index contributed by atoms with van der Waals surface area (Å²) < 4.78 is 7.64. The Morgan fingerprint density at radius 1 is 0.526 bits per heavy atom. The molecule has 0 aliphatic rings. The van der Waals surface area contributed by atoms with Crippen LogP contribution in [0.1, 0.15) is 20.8 Å². The van der Waals surface area contributed by atoms with Crippen molar-refractivity contribution in [3.8, 4) is 0 Å². The molecule has 38 heavy (non-hydrogen) atoms. The number of carbonyl (C=O) groups excluding carboxylic acids is 1. The predicted molar refractivity (Wildman–Crippen MR) is 155 cm³/mol. The summed E-state index contributed by atoms with van der Waals surface area (Å²) in [5.41, 5.74) is 3.04. The lowest BCUT2D eigenvalue weighted by Gasteiger charge is -2.30. The number of nitrogens with zero attached hydrogens (tertiary/aromatic N) is 3. The van der Waals surface area contributed by atoms with Gasteiger partial charge in [-0.15, -0.1) is 0 Å². The quantitative estimate of drug-likeness (QED) is 0.232. The van der Waals surface area contributed by atoms with Crippen LogP contribution in [0.3, 0.4) is 0 Å². The molecular formula is C33H31N3O2. The summed E-state index contributed by atoms with van der Waals surface area (Å²) in [5, 5.41) is 0. The Hall–Kier alpha value is -4.77. The Morgan fingerprint density at radius 2 is 0.816 bits per heavy atom. The smallest absolute Gasteiger partial charge is 0.421 e. The van der Waals surface area contributed by atoms with E-state index >= 15 is 0 Å². The molecule has 5 rings (SSSR count). The zero-order valence-corrected chi connectivity index (χ0v) is 21.9. The minimum Gasteiger partial charge on any atom is -0.443 e. The van der Waals surface area contributed by atoms with Gasteiger partial charge in [-0.05, 0) is 81.4 Å². The molecule has 0 amide bonds. The van der Waals surface area contributed by atoms with E-state index in [1.807, 2.05) is 154 Å². The summed E-state index contributed by atoms with van der Waals surface area (Å²) in [6, 6.07) is 44.1. The van der Waals surface area contributed by atoms with Gasteiger partial charge in [0.05, 0.1) is 0 Å². The highest BCUT2D eigenvalue weighted by atomic mass is 16.6. The summed E-state index contributed by atoms with van der Waals surface area (Å²) in [6.07, 6.45) is -0.457. The Kier molecular flexibility index (Phi) is 7.00. The van der Waals surface area contributed by atoms with Gasteiger partial charge in [0.1, 0.15) is 17.2 Å². The number of para-hydroxylation sites is 4. The third kappa shape index (κ3) is 5.32. The summed E-state index contributed by atoms with van der Waals surface area (Å²) in [6.45, 7) is 5.64. The van der Waals surface area contributed by atoms with Crippen molar-refractivity contribution in [2.75, 3.05) is 9.80 Å². The third-order valence-electron chi connectivity index (χ3n) is 5.93. The molecule has 4 aromatic carbocycles. The van der Waals surface area contributed by atoms with Gasteiger partial charge in [-0.3, -0.25) is 9.80 Å². The van der Waals surface area contributed by atoms with E-state index in [-0.39, 0.29) is 0 Å². The number of hydrogen-bond donors (Lipinski definition) is 0. The maximum Gasteiger partial charge on any atom is 0.421 e.